The van der Waals surface area contributed by atoms with Crippen LogP contribution in [0.5, 0.6) is 0 Å². The van der Waals surface area contributed by atoms with Gasteiger partial charge in [-0.15, -0.1) is 0 Å². The Morgan fingerprint density at radius 1 is 1.23 bits per heavy atom. The Morgan fingerprint density at radius 3 is 2.59 bits per heavy atom. The molecule has 1 atom stereocenters. The lowest BCUT2D eigenvalue weighted by Crippen LogP contribution is -2.41. The minimum Gasteiger partial charge on any atom is -0.345 e. The van der Waals surface area contributed by atoms with E-state index >= 15 is 0 Å². The Morgan fingerprint density at radius 2 is 1.91 bits per heavy atom. The van der Waals surface area contributed by atoms with E-state index in [9.17, 15) is 9.59 Å². The Kier molecular flexibility index (Phi) is 6.40. The summed E-state index contributed by atoms with van der Waals surface area (Å²) in [5, 5.41) is 8.88. The molecule has 1 aromatic rings. The molecule has 1 heterocycles. The van der Waals surface area contributed by atoms with Gasteiger partial charge in [-0.1, -0.05) is 18.2 Å². The molecule has 1 saturated heterocycles. The average Bonchev–Trinajstić information content (AvgIpc) is 2.55. The molecule has 0 aromatic heterocycles. The van der Waals surface area contributed by atoms with Gasteiger partial charge in [-0.25, -0.2) is 0 Å². The van der Waals surface area contributed by atoms with Crippen molar-refractivity contribution in [1.82, 2.24) is 10.6 Å². The lowest BCUT2D eigenvalue weighted by molar-refractivity contribution is -0.126. The van der Waals surface area contributed by atoms with E-state index in [-0.39, 0.29) is 11.8 Å². The minimum atomic E-state index is -0.527. The highest BCUT2D eigenvalue weighted by molar-refractivity contribution is 5.96. The van der Waals surface area contributed by atoms with E-state index < -0.39 is 6.04 Å². The molecule has 120 valence electrons. The molecular formula is C17H25N3O2. The van der Waals surface area contributed by atoms with Crippen molar-refractivity contribution in [2.45, 2.75) is 38.6 Å². The molecule has 2 rings (SSSR count). The van der Waals surface area contributed by atoms with Gasteiger partial charge in [-0.2, -0.15) is 0 Å². The van der Waals surface area contributed by atoms with Gasteiger partial charge < -0.3 is 16.0 Å². The summed E-state index contributed by atoms with van der Waals surface area (Å²) in [6.45, 7) is 3.80. The minimum absolute atomic E-state index is 0.0470. The van der Waals surface area contributed by atoms with Crippen molar-refractivity contribution in [3.8, 4) is 0 Å². The van der Waals surface area contributed by atoms with E-state index in [4.69, 9.17) is 0 Å². The predicted octanol–water partition coefficient (Wildman–Crippen LogP) is 1.91. The lowest BCUT2D eigenvalue weighted by Gasteiger charge is -2.22. The average molecular weight is 303 g/mol. The monoisotopic (exact) mass is 303 g/mol. The third-order valence-corrected chi connectivity index (χ3v) is 4.05. The van der Waals surface area contributed by atoms with E-state index in [1.54, 1.807) is 6.92 Å². The van der Waals surface area contributed by atoms with Crippen LogP contribution in [-0.4, -0.2) is 30.9 Å². The third-order valence-electron chi connectivity index (χ3n) is 4.05. The molecule has 22 heavy (non-hydrogen) atoms. The molecule has 1 unspecified atom stereocenters. The van der Waals surface area contributed by atoms with Crippen LogP contribution >= 0.6 is 0 Å². The maximum absolute atomic E-state index is 12.0. The Hall–Kier alpha value is -1.88. The van der Waals surface area contributed by atoms with Crippen LogP contribution in [-0.2, 0) is 9.59 Å². The van der Waals surface area contributed by atoms with Crippen LogP contribution in [0.4, 0.5) is 5.69 Å². The molecule has 1 aromatic carbocycles. The summed E-state index contributed by atoms with van der Waals surface area (Å²) in [5.41, 5.74) is 0.739. The maximum Gasteiger partial charge on any atom is 0.246 e. The zero-order valence-electron chi connectivity index (χ0n) is 13.1. The summed E-state index contributed by atoms with van der Waals surface area (Å²) in [6, 6.07) is 8.73. The molecule has 0 radical (unpaired) electrons. The summed E-state index contributed by atoms with van der Waals surface area (Å²) >= 11 is 0. The molecule has 0 spiro atoms. The van der Waals surface area contributed by atoms with Gasteiger partial charge in [0.15, 0.2) is 0 Å². The van der Waals surface area contributed by atoms with Crippen molar-refractivity contribution in [3.05, 3.63) is 30.3 Å². The number of piperidine rings is 1. The Labute approximate surface area is 131 Å². The van der Waals surface area contributed by atoms with E-state index in [1.165, 1.54) is 0 Å². The number of anilines is 1. The van der Waals surface area contributed by atoms with Crippen LogP contribution in [0.25, 0.3) is 0 Å². The largest absolute Gasteiger partial charge is 0.345 e. The first-order valence-corrected chi connectivity index (χ1v) is 8.01. The van der Waals surface area contributed by atoms with Crippen molar-refractivity contribution in [1.29, 1.82) is 0 Å². The first-order valence-electron chi connectivity index (χ1n) is 8.01. The number of hydrogen-bond donors (Lipinski definition) is 3. The summed E-state index contributed by atoms with van der Waals surface area (Å²) in [5.74, 6) is 0.385. The topological polar surface area (TPSA) is 70.2 Å². The fourth-order valence-electron chi connectivity index (χ4n) is 2.66. The molecule has 5 heteroatoms. The van der Waals surface area contributed by atoms with Crippen molar-refractivity contribution < 1.29 is 9.59 Å². The Bertz CT molecular complexity index is 484. The van der Waals surface area contributed by atoms with Crippen molar-refractivity contribution in [3.63, 3.8) is 0 Å². The molecular weight excluding hydrogens is 278 g/mol. The summed E-state index contributed by atoms with van der Waals surface area (Å²) in [4.78, 5) is 24.0. The standard InChI is InChI=1S/C17H25N3O2/c1-13(17(22)20-15-5-3-2-4-6-15)19-16(21)8-7-14-9-11-18-12-10-14/h2-6,13-14,18H,7-12H2,1H3,(H,19,21)(H,20,22). The third kappa shape index (κ3) is 5.48. The first-order chi connectivity index (χ1) is 10.6. The van der Waals surface area contributed by atoms with Gasteiger partial charge >= 0.3 is 0 Å². The van der Waals surface area contributed by atoms with Gasteiger partial charge in [0.25, 0.3) is 0 Å². The zero-order valence-corrected chi connectivity index (χ0v) is 13.1. The van der Waals surface area contributed by atoms with Crippen LogP contribution in [0.15, 0.2) is 30.3 Å². The molecule has 5 nitrogen and oxygen atoms in total. The molecule has 1 aliphatic heterocycles. The van der Waals surface area contributed by atoms with Crippen molar-refractivity contribution in [2.75, 3.05) is 18.4 Å². The number of nitrogens with one attached hydrogen (secondary N) is 3. The fraction of sp³-hybridized carbons (Fsp3) is 0.529. The number of benzene rings is 1. The SMILES string of the molecule is CC(NC(=O)CCC1CCNCC1)C(=O)Nc1ccccc1. The second-order valence-corrected chi connectivity index (χ2v) is 5.88. The number of carbonyl (C=O) groups excluding carboxylic acids is 2. The van der Waals surface area contributed by atoms with Gasteiger partial charge in [0.2, 0.25) is 11.8 Å². The van der Waals surface area contributed by atoms with Crippen LogP contribution < -0.4 is 16.0 Å². The number of amides is 2. The molecule has 2 amide bonds. The fourth-order valence-corrected chi connectivity index (χ4v) is 2.66. The van der Waals surface area contributed by atoms with Gasteiger partial charge in [0.05, 0.1) is 0 Å². The van der Waals surface area contributed by atoms with Gasteiger partial charge in [-0.05, 0) is 57.3 Å². The maximum atomic E-state index is 12.0. The molecule has 0 aliphatic carbocycles. The van der Waals surface area contributed by atoms with Gasteiger partial charge in [0.1, 0.15) is 6.04 Å². The zero-order chi connectivity index (χ0) is 15.8. The van der Waals surface area contributed by atoms with Crippen molar-refractivity contribution in [2.24, 2.45) is 5.92 Å². The number of para-hydroxylation sites is 1. The van der Waals surface area contributed by atoms with E-state index in [0.717, 1.165) is 38.0 Å². The van der Waals surface area contributed by atoms with Crippen LogP contribution in [0.2, 0.25) is 0 Å². The van der Waals surface area contributed by atoms with Crippen LogP contribution in [0.1, 0.15) is 32.6 Å². The second-order valence-electron chi connectivity index (χ2n) is 5.88. The number of rotatable bonds is 6. The van der Waals surface area contributed by atoms with Gasteiger partial charge in [0, 0.05) is 12.1 Å². The smallest absolute Gasteiger partial charge is 0.246 e. The molecule has 1 aliphatic rings. The van der Waals surface area contributed by atoms with Crippen molar-refractivity contribution >= 4 is 17.5 Å². The van der Waals surface area contributed by atoms with E-state index in [1.807, 2.05) is 30.3 Å². The molecule has 0 bridgehead atoms. The molecule has 0 saturated carbocycles. The highest BCUT2D eigenvalue weighted by Crippen LogP contribution is 2.17. The molecule has 1 fully saturated rings. The highest BCUT2D eigenvalue weighted by Gasteiger charge is 2.18. The van der Waals surface area contributed by atoms with Crippen LogP contribution in [0, 0.1) is 5.92 Å². The van der Waals surface area contributed by atoms with Gasteiger partial charge in [-0.3, -0.25) is 9.59 Å². The Balaban J connectivity index is 1.69. The molecule has 3 N–H and O–H groups in total. The summed E-state index contributed by atoms with van der Waals surface area (Å²) in [7, 11) is 0. The van der Waals surface area contributed by atoms with E-state index in [2.05, 4.69) is 16.0 Å². The quantitative estimate of drug-likeness (QED) is 0.752. The summed E-state index contributed by atoms with van der Waals surface area (Å²) in [6.07, 6.45) is 3.67. The van der Waals surface area contributed by atoms with E-state index in [0.29, 0.717) is 12.3 Å². The van der Waals surface area contributed by atoms with Crippen LogP contribution in [0.3, 0.4) is 0 Å². The second kappa shape index (κ2) is 8.54. The number of hydrogen-bond acceptors (Lipinski definition) is 3. The lowest BCUT2D eigenvalue weighted by atomic mass is 9.93. The predicted molar refractivity (Wildman–Crippen MR) is 87.5 cm³/mol. The highest BCUT2D eigenvalue weighted by atomic mass is 16.2. The first kappa shape index (κ1) is 16.5. The summed E-state index contributed by atoms with van der Waals surface area (Å²) < 4.78 is 0. The normalized spacial score (nSPS) is 16.8. The number of carbonyl (C=O) groups is 2.